The second-order valence-electron chi connectivity index (χ2n) is 7.07. The molecule has 2 N–H and O–H groups in total. The van der Waals surface area contributed by atoms with Crippen molar-refractivity contribution in [3.63, 3.8) is 0 Å². The number of nitrogens with one attached hydrogen (secondary N) is 1. The lowest BCUT2D eigenvalue weighted by Crippen LogP contribution is -2.35. The van der Waals surface area contributed by atoms with Crippen LogP contribution in [-0.4, -0.2) is 37.3 Å². The number of ketones is 1. The highest BCUT2D eigenvalue weighted by Gasteiger charge is 2.18. The van der Waals surface area contributed by atoms with Crippen LogP contribution < -0.4 is 14.8 Å². The molecule has 2 aromatic carbocycles. The highest BCUT2D eigenvalue weighted by atomic mass is 19.1. The molecule has 28 heavy (non-hydrogen) atoms. The Morgan fingerprint density at radius 1 is 1.14 bits per heavy atom. The number of ether oxygens (including phenoxy) is 2. The minimum Gasteiger partial charge on any atom is -0.493 e. The molecule has 0 aliphatic rings. The van der Waals surface area contributed by atoms with Crippen LogP contribution in [0.4, 0.5) is 4.39 Å². The van der Waals surface area contributed by atoms with Gasteiger partial charge in [-0.1, -0.05) is 26.0 Å². The third-order valence-electron chi connectivity index (χ3n) is 4.47. The van der Waals surface area contributed by atoms with Crippen LogP contribution in [0.2, 0.25) is 0 Å². The van der Waals surface area contributed by atoms with Gasteiger partial charge >= 0.3 is 0 Å². The van der Waals surface area contributed by atoms with Gasteiger partial charge in [-0.05, 0) is 48.7 Å². The summed E-state index contributed by atoms with van der Waals surface area (Å²) in [4.78, 5) is 11.5. The fourth-order valence-corrected chi connectivity index (χ4v) is 2.92. The number of Topliss-reactive ketones (excluding diaryl/α,β-unsaturated/α-hetero) is 1. The molecule has 152 valence electrons. The Morgan fingerprint density at radius 2 is 1.82 bits per heavy atom. The first-order chi connectivity index (χ1) is 13.3. The maximum atomic E-state index is 13.2. The van der Waals surface area contributed by atoms with Crippen molar-refractivity contribution >= 4 is 5.78 Å². The van der Waals surface area contributed by atoms with E-state index in [1.54, 1.807) is 30.3 Å². The lowest BCUT2D eigenvalue weighted by Gasteiger charge is -2.25. The van der Waals surface area contributed by atoms with Gasteiger partial charge in [0.25, 0.3) is 0 Å². The molecule has 0 bridgehead atoms. The second-order valence-corrected chi connectivity index (χ2v) is 7.07. The normalized spacial score (nSPS) is 13.2. The van der Waals surface area contributed by atoms with Crippen LogP contribution in [-0.2, 0) is 0 Å². The fraction of sp³-hybridized carbons (Fsp3) is 0.409. The molecule has 0 saturated carbocycles. The topological polar surface area (TPSA) is 67.8 Å². The smallest absolute Gasteiger partial charge is 0.161 e. The van der Waals surface area contributed by atoms with Crippen molar-refractivity contribution in [2.45, 2.75) is 32.9 Å². The van der Waals surface area contributed by atoms with E-state index in [9.17, 15) is 14.3 Å². The Balaban J connectivity index is 1.93. The molecule has 2 rings (SSSR count). The summed E-state index contributed by atoms with van der Waals surface area (Å²) >= 11 is 0. The number of aliphatic hydroxyl groups excluding tert-OH is 1. The minimum absolute atomic E-state index is 0.0142. The summed E-state index contributed by atoms with van der Waals surface area (Å²) in [6.07, 6.45) is -0.751. The molecule has 0 aromatic heterocycles. The molecule has 2 aromatic rings. The van der Waals surface area contributed by atoms with Crippen molar-refractivity contribution in [2.24, 2.45) is 5.92 Å². The zero-order chi connectivity index (χ0) is 20.7. The van der Waals surface area contributed by atoms with E-state index >= 15 is 0 Å². The van der Waals surface area contributed by atoms with E-state index in [1.807, 2.05) is 0 Å². The number of methoxy groups -OCH3 is 1. The van der Waals surface area contributed by atoms with Crippen molar-refractivity contribution in [3.05, 3.63) is 59.4 Å². The summed E-state index contributed by atoms with van der Waals surface area (Å²) in [6, 6.07) is 11.3. The van der Waals surface area contributed by atoms with Crippen molar-refractivity contribution in [1.82, 2.24) is 5.32 Å². The van der Waals surface area contributed by atoms with E-state index in [1.165, 1.54) is 26.2 Å². The summed E-state index contributed by atoms with van der Waals surface area (Å²) in [7, 11) is 1.50. The van der Waals surface area contributed by atoms with Crippen LogP contribution in [0.1, 0.15) is 42.7 Å². The standard InChI is InChI=1S/C22H28FNO4/c1-14(2)22(16-5-8-18(23)9-6-16)24-12-19(26)13-28-20-10-7-17(15(3)25)11-21(20)27-4/h5-11,14,19,22,24,26H,12-13H2,1-4H3/t19-,22+/m1/s1. The Labute approximate surface area is 165 Å². The largest absolute Gasteiger partial charge is 0.493 e. The fourth-order valence-electron chi connectivity index (χ4n) is 2.92. The Bertz CT molecular complexity index is 777. The molecular weight excluding hydrogens is 361 g/mol. The summed E-state index contributed by atoms with van der Waals surface area (Å²) < 4.78 is 24.1. The van der Waals surface area contributed by atoms with E-state index in [0.29, 0.717) is 23.6 Å². The lowest BCUT2D eigenvalue weighted by atomic mass is 9.96. The number of aliphatic hydroxyl groups is 1. The summed E-state index contributed by atoms with van der Waals surface area (Å²) in [5.74, 6) is 0.835. The second kappa shape index (κ2) is 10.2. The number of carbonyl (C=O) groups is 1. The number of hydrogen-bond donors (Lipinski definition) is 2. The molecule has 0 heterocycles. The number of hydrogen-bond acceptors (Lipinski definition) is 5. The van der Waals surface area contributed by atoms with Gasteiger partial charge in [-0.15, -0.1) is 0 Å². The zero-order valence-corrected chi connectivity index (χ0v) is 16.7. The molecule has 2 atom stereocenters. The molecule has 0 spiro atoms. The van der Waals surface area contributed by atoms with Crippen LogP contribution in [0.15, 0.2) is 42.5 Å². The summed E-state index contributed by atoms with van der Waals surface area (Å²) in [5, 5.41) is 13.6. The average molecular weight is 389 g/mol. The number of carbonyl (C=O) groups excluding carboxylic acids is 1. The number of rotatable bonds is 10. The molecule has 0 aliphatic carbocycles. The minimum atomic E-state index is -0.751. The van der Waals surface area contributed by atoms with E-state index < -0.39 is 6.10 Å². The predicted molar refractivity (Wildman–Crippen MR) is 106 cm³/mol. The Kier molecular flexibility index (Phi) is 7.96. The monoisotopic (exact) mass is 389 g/mol. The van der Waals surface area contributed by atoms with Gasteiger partial charge in [0.2, 0.25) is 0 Å². The van der Waals surface area contributed by atoms with Gasteiger partial charge in [0.1, 0.15) is 18.5 Å². The molecule has 6 heteroatoms. The molecule has 0 saturated heterocycles. The van der Waals surface area contributed by atoms with Crippen LogP contribution in [0, 0.1) is 11.7 Å². The number of benzene rings is 2. The van der Waals surface area contributed by atoms with Gasteiger partial charge in [0.05, 0.1) is 7.11 Å². The van der Waals surface area contributed by atoms with E-state index in [0.717, 1.165) is 5.56 Å². The van der Waals surface area contributed by atoms with Gasteiger partial charge < -0.3 is 19.9 Å². The van der Waals surface area contributed by atoms with Crippen molar-refractivity contribution in [3.8, 4) is 11.5 Å². The summed E-state index contributed by atoms with van der Waals surface area (Å²) in [5.41, 5.74) is 1.50. The van der Waals surface area contributed by atoms with Crippen molar-refractivity contribution in [2.75, 3.05) is 20.3 Å². The Morgan fingerprint density at radius 3 is 2.39 bits per heavy atom. The Hall–Kier alpha value is -2.44. The van der Waals surface area contributed by atoms with E-state index in [2.05, 4.69) is 19.2 Å². The van der Waals surface area contributed by atoms with Gasteiger partial charge in [-0.3, -0.25) is 4.79 Å². The quantitative estimate of drug-likeness (QED) is 0.606. The van der Waals surface area contributed by atoms with Gasteiger partial charge in [0.15, 0.2) is 17.3 Å². The molecule has 5 nitrogen and oxygen atoms in total. The molecule has 0 unspecified atom stereocenters. The van der Waals surface area contributed by atoms with Crippen molar-refractivity contribution < 1.29 is 23.8 Å². The first-order valence-electron chi connectivity index (χ1n) is 9.30. The molecule has 0 fully saturated rings. The maximum Gasteiger partial charge on any atom is 0.161 e. The maximum absolute atomic E-state index is 13.2. The van der Waals surface area contributed by atoms with Crippen LogP contribution in [0.5, 0.6) is 11.5 Å². The predicted octanol–water partition coefficient (Wildman–Crippen LogP) is 3.76. The number of halogens is 1. The zero-order valence-electron chi connectivity index (χ0n) is 16.7. The molecule has 0 amide bonds. The highest BCUT2D eigenvalue weighted by molar-refractivity contribution is 5.94. The van der Waals surface area contributed by atoms with Gasteiger partial charge in [-0.2, -0.15) is 0 Å². The molecule has 0 radical (unpaired) electrons. The van der Waals surface area contributed by atoms with Gasteiger partial charge in [0, 0.05) is 18.2 Å². The third kappa shape index (κ3) is 6.04. The first-order valence-corrected chi connectivity index (χ1v) is 9.30. The SMILES string of the molecule is COc1cc(C(C)=O)ccc1OC[C@H](O)CN[C@H](c1ccc(F)cc1)C(C)C. The van der Waals surface area contributed by atoms with Crippen LogP contribution >= 0.6 is 0 Å². The summed E-state index contributed by atoms with van der Waals surface area (Å²) in [6.45, 7) is 5.98. The van der Waals surface area contributed by atoms with Crippen LogP contribution in [0.3, 0.4) is 0 Å². The first kappa shape index (κ1) is 21.9. The van der Waals surface area contributed by atoms with E-state index in [-0.39, 0.29) is 30.2 Å². The third-order valence-corrected chi connectivity index (χ3v) is 4.47. The highest BCUT2D eigenvalue weighted by Crippen LogP contribution is 2.28. The molecular formula is C22H28FNO4. The van der Waals surface area contributed by atoms with E-state index in [4.69, 9.17) is 9.47 Å². The van der Waals surface area contributed by atoms with Gasteiger partial charge in [-0.25, -0.2) is 4.39 Å². The van der Waals surface area contributed by atoms with Crippen molar-refractivity contribution in [1.29, 1.82) is 0 Å². The van der Waals surface area contributed by atoms with Crippen LogP contribution in [0.25, 0.3) is 0 Å². The molecule has 0 aliphatic heterocycles. The lowest BCUT2D eigenvalue weighted by molar-refractivity contribution is 0.0991. The average Bonchev–Trinajstić information content (AvgIpc) is 2.67.